The first kappa shape index (κ1) is 15.1. The Hall–Kier alpha value is -0.350. The lowest BCUT2D eigenvalue weighted by atomic mass is 10.4. The van der Waals surface area contributed by atoms with E-state index < -0.39 is 0 Å². The molecule has 3 nitrogen and oxygen atoms in total. The van der Waals surface area contributed by atoms with Gasteiger partial charge in [0.05, 0.1) is 0 Å². The zero-order valence-corrected chi connectivity index (χ0v) is 10.5. The van der Waals surface area contributed by atoms with Gasteiger partial charge in [0.25, 0.3) is 0 Å². The lowest BCUT2D eigenvalue weighted by Gasteiger charge is -2.04. The second kappa shape index (κ2) is 8.26. The van der Waals surface area contributed by atoms with E-state index in [0.29, 0.717) is 5.57 Å². The molecule has 0 spiro atoms. The average molecular weight is 252 g/mol. The van der Waals surface area contributed by atoms with Crippen LogP contribution in [0.3, 0.4) is 0 Å². The van der Waals surface area contributed by atoms with Crippen molar-refractivity contribution in [2.24, 2.45) is 0 Å². The molecular formula is C9H18BrNO2. The van der Waals surface area contributed by atoms with E-state index in [1.54, 1.807) is 13.8 Å². The van der Waals surface area contributed by atoms with E-state index in [9.17, 15) is 4.79 Å². The highest BCUT2D eigenvalue weighted by atomic mass is 79.9. The van der Waals surface area contributed by atoms with Gasteiger partial charge in [-0.3, -0.25) is 0 Å². The van der Waals surface area contributed by atoms with Crippen LogP contribution in [0.4, 0.5) is 0 Å². The van der Waals surface area contributed by atoms with E-state index in [0.717, 1.165) is 0 Å². The molecule has 0 amide bonds. The number of alkyl halides is 1. The van der Waals surface area contributed by atoms with Gasteiger partial charge in [0, 0.05) is 5.57 Å². The molecule has 0 aromatic rings. The summed E-state index contributed by atoms with van der Waals surface area (Å²) in [6.07, 6.45) is 0. The van der Waals surface area contributed by atoms with Crippen molar-refractivity contribution in [3.05, 3.63) is 12.2 Å². The van der Waals surface area contributed by atoms with Gasteiger partial charge >= 0.3 is 5.97 Å². The summed E-state index contributed by atoms with van der Waals surface area (Å²) in [7, 11) is 6.00. The Morgan fingerprint density at radius 3 is 1.85 bits per heavy atom. The Bertz CT molecular complexity index is 164. The molecule has 13 heavy (non-hydrogen) atoms. The van der Waals surface area contributed by atoms with Crippen molar-refractivity contribution in [1.29, 1.82) is 0 Å². The molecule has 1 unspecified atom stereocenters. The first-order valence-corrected chi connectivity index (χ1v) is 4.80. The molecule has 0 rings (SSSR count). The predicted molar refractivity (Wildman–Crippen MR) is 58.9 cm³/mol. The van der Waals surface area contributed by atoms with Gasteiger partial charge in [0.1, 0.15) is 0 Å². The van der Waals surface area contributed by atoms with E-state index >= 15 is 0 Å². The van der Waals surface area contributed by atoms with Crippen LogP contribution < -0.4 is 0 Å². The number of rotatable bonds is 2. The zero-order chi connectivity index (χ0) is 11.0. The topological polar surface area (TPSA) is 29.5 Å². The fourth-order valence-electron chi connectivity index (χ4n) is 0.248. The monoisotopic (exact) mass is 251 g/mol. The minimum Gasteiger partial charge on any atom is -0.448 e. The molecule has 0 bridgehead atoms. The molecule has 0 aliphatic rings. The number of esters is 1. The molecule has 78 valence electrons. The number of carbonyl (C=O) groups excluding carboxylic acids is 1. The number of hydrogen-bond donors (Lipinski definition) is 0. The van der Waals surface area contributed by atoms with Crippen LogP contribution in [-0.2, 0) is 9.53 Å². The molecular weight excluding hydrogens is 234 g/mol. The van der Waals surface area contributed by atoms with Gasteiger partial charge in [0.15, 0.2) is 5.01 Å². The number of hydrogen-bond acceptors (Lipinski definition) is 3. The highest BCUT2D eigenvalue weighted by molar-refractivity contribution is 9.09. The van der Waals surface area contributed by atoms with Crippen molar-refractivity contribution in [3.8, 4) is 0 Å². The van der Waals surface area contributed by atoms with Crippen molar-refractivity contribution in [2.45, 2.75) is 18.9 Å². The van der Waals surface area contributed by atoms with Crippen LogP contribution in [-0.4, -0.2) is 37.0 Å². The number of nitrogens with zero attached hydrogens (tertiary/aromatic N) is 1. The number of ether oxygens (including phenoxy) is 1. The van der Waals surface area contributed by atoms with Crippen LogP contribution in [0.2, 0.25) is 0 Å². The Morgan fingerprint density at radius 1 is 1.46 bits per heavy atom. The lowest BCUT2D eigenvalue weighted by Crippen LogP contribution is -2.08. The van der Waals surface area contributed by atoms with Crippen LogP contribution in [0, 0.1) is 0 Å². The smallest absolute Gasteiger partial charge is 0.334 e. The van der Waals surface area contributed by atoms with Gasteiger partial charge in [0.2, 0.25) is 0 Å². The Balaban J connectivity index is 0. The van der Waals surface area contributed by atoms with E-state index in [1.807, 2.05) is 26.0 Å². The van der Waals surface area contributed by atoms with Crippen LogP contribution in [0.15, 0.2) is 12.2 Å². The van der Waals surface area contributed by atoms with E-state index in [-0.39, 0.29) is 11.0 Å². The summed E-state index contributed by atoms with van der Waals surface area (Å²) in [5, 5.41) is -0.235. The molecule has 0 aromatic carbocycles. The van der Waals surface area contributed by atoms with Gasteiger partial charge in [-0.1, -0.05) is 6.58 Å². The van der Waals surface area contributed by atoms with Gasteiger partial charge in [-0.25, -0.2) is 4.79 Å². The van der Waals surface area contributed by atoms with Gasteiger partial charge < -0.3 is 9.64 Å². The summed E-state index contributed by atoms with van der Waals surface area (Å²) in [5.41, 5.74) is 0.418. The predicted octanol–water partition coefficient (Wildman–Crippen LogP) is 2.02. The first-order chi connectivity index (χ1) is 5.77. The van der Waals surface area contributed by atoms with E-state index in [2.05, 4.69) is 27.2 Å². The highest BCUT2D eigenvalue weighted by Crippen LogP contribution is 2.02. The zero-order valence-electron chi connectivity index (χ0n) is 8.93. The lowest BCUT2D eigenvalue weighted by molar-refractivity contribution is -0.139. The molecule has 0 N–H and O–H groups in total. The fraction of sp³-hybridized carbons (Fsp3) is 0.667. The molecule has 0 saturated carbocycles. The Morgan fingerprint density at radius 2 is 1.77 bits per heavy atom. The van der Waals surface area contributed by atoms with Crippen LogP contribution in [0.25, 0.3) is 0 Å². The number of carbonyl (C=O) groups is 1. The highest BCUT2D eigenvalue weighted by Gasteiger charge is 2.04. The van der Waals surface area contributed by atoms with Gasteiger partial charge in [-0.05, 0) is 50.9 Å². The molecule has 0 aliphatic heterocycles. The quantitative estimate of drug-likeness (QED) is 0.428. The maximum Gasteiger partial charge on any atom is 0.334 e. The largest absolute Gasteiger partial charge is 0.448 e. The average Bonchev–Trinajstić information content (AvgIpc) is 1.83. The maximum absolute atomic E-state index is 10.6. The van der Waals surface area contributed by atoms with Gasteiger partial charge in [-0.15, -0.1) is 0 Å². The standard InChI is InChI=1S/C6H9BrO2.C3H9N/c1-4(2)6(8)9-5(3)7;1-4(2)3/h5H,1H2,2-3H3;1-3H3. The molecule has 0 saturated heterocycles. The van der Waals surface area contributed by atoms with Crippen molar-refractivity contribution >= 4 is 21.9 Å². The molecule has 0 aromatic heterocycles. The molecule has 0 heterocycles. The van der Waals surface area contributed by atoms with E-state index in [1.165, 1.54) is 0 Å². The minimum absolute atomic E-state index is 0.235. The molecule has 0 aliphatic carbocycles. The Kier molecular flexibility index (Phi) is 9.61. The van der Waals surface area contributed by atoms with Crippen LogP contribution in [0.1, 0.15) is 13.8 Å². The number of halogens is 1. The Labute approximate surface area is 88.9 Å². The van der Waals surface area contributed by atoms with Gasteiger partial charge in [-0.2, -0.15) is 0 Å². The molecule has 0 radical (unpaired) electrons. The second-order valence-corrected chi connectivity index (χ2v) is 4.36. The maximum atomic E-state index is 10.6. The molecule has 0 fully saturated rings. The van der Waals surface area contributed by atoms with Crippen molar-refractivity contribution in [3.63, 3.8) is 0 Å². The fourth-order valence-corrected chi connectivity index (χ4v) is 0.418. The first-order valence-electron chi connectivity index (χ1n) is 3.88. The van der Waals surface area contributed by atoms with Crippen LogP contribution in [0.5, 0.6) is 0 Å². The van der Waals surface area contributed by atoms with Crippen LogP contribution >= 0.6 is 15.9 Å². The summed E-state index contributed by atoms with van der Waals surface area (Å²) in [5.74, 6) is -0.362. The summed E-state index contributed by atoms with van der Waals surface area (Å²) in [4.78, 5) is 12.6. The summed E-state index contributed by atoms with van der Waals surface area (Å²) >= 11 is 3.06. The summed E-state index contributed by atoms with van der Waals surface area (Å²) in [6, 6.07) is 0. The van der Waals surface area contributed by atoms with E-state index in [4.69, 9.17) is 0 Å². The molecule has 4 heteroatoms. The normalized spacial score (nSPS) is 11.3. The SMILES string of the molecule is C=C(C)C(=O)OC(C)Br.CN(C)C. The third-order valence-corrected chi connectivity index (χ3v) is 0.805. The molecule has 1 atom stereocenters. The second-order valence-electron chi connectivity index (χ2n) is 3.07. The third-order valence-electron chi connectivity index (χ3n) is 0.618. The third kappa shape index (κ3) is 18.5. The minimum atomic E-state index is -0.362. The van der Waals surface area contributed by atoms with Crippen molar-refractivity contribution in [1.82, 2.24) is 4.90 Å². The van der Waals surface area contributed by atoms with Crippen molar-refractivity contribution in [2.75, 3.05) is 21.1 Å². The summed E-state index contributed by atoms with van der Waals surface area (Å²) < 4.78 is 4.69. The summed E-state index contributed by atoms with van der Waals surface area (Å²) in [6.45, 7) is 6.74. The van der Waals surface area contributed by atoms with Crippen molar-refractivity contribution < 1.29 is 9.53 Å².